The molecule has 4 heteroatoms. The molecule has 0 aliphatic rings. The van der Waals surface area contributed by atoms with Crippen molar-refractivity contribution >= 4 is 26.8 Å². The maximum atomic E-state index is 12.8. The van der Waals surface area contributed by atoms with Gasteiger partial charge in [0.05, 0.1) is 5.52 Å². The minimum atomic E-state index is -0.240. The van der Waals surface area contributed by atoms with Crippen LogP contribution in [-0.4, -0.2) is 4.98 Å². The summed E-state index contributed by atoms with van der Waals surface area (Å²) < 4.78 is 13.6. The van der Waals surface area contributed by atoms with Crippen molar-refractivity contribution in [2.24, 2.45) is 0 Å². The number of benzene rings is 1. The zero-order valence-corrected chi connectivity index (χ0v) is 8.38. The second-order valence-corrected chi connectivity index (χ2v) is 3.31. The minimum Gasteiger partial charge on any atom is -0.344 e. The Morgan fingerprint density at radius 2 is 2.00 bits per heavy atom. The van der Waals surface area contributed by atoms with Crippen molar-refractivity contribution in [1.82, 2.24) is 11.1 Å². The molecule has 2 nitrogen and oxygen atoms in total. The predicted molar refractivity (Wildman–Crippen MR) is 54.4 cm³/mol. The molecular weight excluding hydrogens is 235 g/mol. The molecule has 68 valence electrons. The lowest BCUT2D eigenvalue weighted by atomic mass is 10.2. The van der Waals surface area contributed by atoms with Crippen molar-refractivity contribution in [3.8, 4) is 0 Å². The van der Waals surface area contributed by atoms with Gasteiger partial charge >= 0.3 is 0 Å². The van der Waals surface area contributed by atoms with Gasteiger partial charge in [0.1, 0.15) is 5.82 Å². The zero-order valence-electron chi connectivity index (χ0n) is 6.80. The lowest BCUT2D eigenvalue weighted by Crippen LogP contribution is -1.80. The molecule has 0 saturated heterocycles. The number of fused-ring (bicyclic) bond motifs is 1. The molecule has 1 aromatic carbocycles. The normalized spacial score (nSPS) is 9.69. The van der Waals surface area contributed by atoms with Crippen LogP contribution in [0.3, 0.4) is 0 Å². The first-order chi connectivity index (χ1) is 5.77. The number of hydrogen-bond donors (Lipinski definition) is 1. The van der Waals surface area contributed by atoms with E-state index in [9.17, 15) is 4.39 Å². The molecule has 1 heterocycles. The van der Waals surface area contributed by atoms with Crippen molar-refractivity contribution in [3.05, 3.63) is 40.8 Å². The highest BCUT2D eigenvalue weighted by atomic mass is 79.9. The van der Waals surface area contributed by atoms with E-state index in [1.165, 1.54) is 12.1 Å². The van der Waals surface area contributed by atoms with Crippen LogP contribution < -0.4 is 6.15 Å². The Balaban J connectivity index is 0.000000845. The fourth-order valence-electron chi connectivity index (χ4n) is 1.08. The molecule has 0 bridgehead atoms. The van der Waals surface area contributed by atoms with Crippen molar-refractivity contribution < 1.29 is 4.39 Å². The van der Waals surface area contributed by atoms with Crippen LogP contribution in [-0.2, 0) is 0 Å². The van der Waals surface area contributed by atoms with Crippen molar-refractivity contribution in [1.29, 1.82) is 0 Å². The third-order valence-electron chi connectivity index (χ3n) is 1.65. The number of pyridine rings is 1. The van der Waals surface area contributed by atoms with E-state index in [1.54, 1.807) is 18.3 Å². The average Bonchev–Trinajstić information content (AvgIpc) is 2.07. The van der Waals surface area contributed by atoms with Gasteiger partial charge in [-0.2, -0.15) is 0 Å². The summed E-state index contributed by atoms with van der Waals surface area (Å²) in [5, 5.41) is 0.803. The second-order valence-electron chi connectivity index (χ2n) is 2.45. The van der Waals surface area contributed by atoms with Gasteiger partial charge in [-0.25, -0.2) is 4.39 Å². The van der Waals surface area contributed by atoms with E-state index in [0.29, 0.717) is 0 Å². The van der Waals surface area contributed by atoms with Crippen LogP contribution in [0.15, 0.2) is 34.9 Å². The van der Waals surface area contributed by atoms with Gasteiger partial charge in [-0.3, -0.25) is 4.98 Å². The van der Waals surface area contributed by atoms with Gasteiger partial charge in [0, 0.05) is 16.1 Å². The van der Waals surface area contributed by atoms with Crippen LogP contribution in [0, 0.1) is 5.82 Å². The molecule has 3 N–H and O–H groups in total. The quantitative estimate of drug-likeness (QED) is 0.771. The van der Waals surface area contributed by atoms with Crippen molar-refractivity contribution in [3.63, 3.8) is 0 Å². The number of hydrogen-bond acceptors (Lipinski definition) is 2. The van der Waals surface area contributed by atoms with Gasteiger partial charge in [0.25, 0.3) is 0 Å². The smallest absolute Gasteiger partial charge is 0.124 e. The summed E-state index contributed by atoms with van der Waals surface area (Å²) in [6, 6.07) is 6.32. The fourth-order valence-corrected chi connectivity index (χ4v) is 1.52. The summed E-state index contributed by atoms with van der Waals surface area (Å²) in [5.74, 6) is -0.240. The summed E-state index contributed by atoms with van der Waals surface area (Å²) in [7, 11) is 0. The maximum absolute atomic E-state index is 12.8. The molecule has 0 fully saturated rings. The molecule has 0 saturated carbocycles. The Morgan fingerprint density at radius 1 is 1.23 bits per heavy atom. The molecule has 1 aromatic heterocycles. The maximum Gasteiger partial charge on any atom is 0.124 e. The molecule has 0 aliphatic carbocycles. The van der Waals surface area contributed by atoms with Crippen molar-refractivity contribution in [2.75, 3.05) is 0 Å². The monoisotopic (exact) mass is 242 g/mol. The third-order valence-corrected chi connectivity index (χ3v) is 2.34. The summed E-state index contributed by atoms with van der Waals surface area (Å²) >= 11 is 3.32. The molecule has 0 amide bonds. The SMILES string of the molecule is Fc1ccc2nccc(Br)c2c1.N. The molecule has 2 rings (SSSR count). The Hall–Kier alpha value is -1.00. The van der Waals surface area contributed by atoms with Gasteiger partial charge in [-0.05, 0) is 24.3 Å². The Bertz CT molecular complexity index is 431. The highest BCUT2D eigenvalue weighted by Gasteiger charge is 1.99. The summed E-state index contributed by atoms with van der Waals surface area (Å²) in [6.45, 7) is 0. The highest BCUT2D eigenvalue weighted by Crippen LogP contribution is 2.22. The molecule has 0 aliphatic heterocycles. The largest absolute Gasteiger partial charge is 0.344 e. The molecule has 13 heavy (non-hydrogen) atoms. The highest BCUT2D eigenvalue weighted by molar-refractivity contribution is 9.10. The van der Waals surface area contributed by atoms with Crippen LogP contribution in [0.4, 0.5) is 4.39 Å². The van der Waals surface area contributed by atoms with Crippen LogP contribution in [0.1, 0.15) is 0 Å². The first kappa shape index (κ1) is 10.1. The minimum absolute atomic E-state index is 0. The number of rotatable bonds is 0. The van der Waals surface area contributed by atoms with Crippen LogP contribution in [0.5, 0.6) is 0 Å². The first-order valence-corrected chi connectivity index (χ1v) is 4.26. The van der Waals surface area contributed by atoms with E-state index < -0.39 is 0 Å². The zero-order chi connectivity index (χ0) is 8.55. The molecule has 2 aromatic rings. The lowest BCUT2D eigenvalue weighted by Gasteiger charge is -1.98. The van der Waals surface area contributed by atoms with E-state index in [4.69, 9.17) is 0 Å². The predicted octanol–water partition coefficient (Wildman–Crippen LogP) is 3.30. The van der Waals surface area contributed by atoms with E-state index in [-0.39, 0.29) is 12.0 Å². The van der Waals surface area contributed by atoms with Crippen LogP contribution >= 0.6 is 15.9 Å². The second kappa shape index (κ2) is 3.81. The number of nitrogens with zero attached hydrogens (tertiary/aromatic N) is 1. The molecular formula is C9H8BrFN2. The number of aromatic nitrogens is 1. The Kier molecular flexibility index (Phi) is 2.95. The summed E-state index contributed by atoms with van der Waals surface area (Å²) in [5.41, 5.74) is 0.797. The van der Waals surface area contributed by atoms with E-state index in [0.717, 1.165) is 15.4 Å². The van der Waals surface area contributed by atoms with Crippen LogP contribution in [0.2, 0.25) is 0 Å². The Labute approximate surface area is 83.5 Å². The molecule has 0 radical (unpaired) electrons. The summed E-state index contributed by atoms with van der Waals surface area (Å²) in [4.78, 5) is 4.09. The lowest BCUT2D eigenvalue weighted by molar-refractivity contribution is 0.629. The summed E-state index contributed by atoms with van der Waals surface area (Å²) in [6.07, 6.45) is 1.68. The van der Waals surface area contributed by atoms with Gasteiger partial charge in [-0.1, -0.05) is 15.9 Å². The van der Waals surface area contributed by atoms with Crippen molar-refractivity contribution in [2.45, 2.75) is 0 Å². The molecule has 0 unspecified atom stereocenters. The Morgan fingerprint density at radius 3 is 2.77 bits per heavy atom. The van der Waals surface area contributed by atoms with E-state index >= 15 is 0 Å². The molecule has 0 atom stereocenters. The van der Waals surface area contributed by atoms with Gasteiger partial charge in [0.15, 0.2) is 0 Å². The first-order valence-electron chi connectivity index (χ1n) is 3.47. The standard InChI is InChI=1S/C9H5BrFN.H3N/c10-8-3-4-12-9-2-1-6(11)5-7(8)9;/h1-5H;1H3. The van der Waals surface area contributed by atoms with Gasteiger partial charge in [0.2, 0.25) is 0 Å². The fraction of sp³-hybridized carbons (Fsp3) is 0. The van der Waals surface area contributed by atoms with E-state index in [2.05, 4.69) is 20.9 Å². The van der Waals surface area contributed by atoms with E-state index in [1.807, 2.05) is 0 Å². The van der Waals surface area contributed by atoms with Gasteiger partial charge in [-0.15, -0.1) is 0 Å². The van der Waals surface area contributed by atoms with Crippen LogP contribution in [0.25, 0.3) is 10.9 Å². The third kappa shape index (κ3) is 1.84. The molecule has 0 spiro atoms. The average molecular weight is 243 g/mol. The number of halogens is 2. The van der Waals surface area contributed by atoms with Gasteiger partial charge < -0.3 is 6.15 Å². The topological polar surface area (TPSA) is 47.9 Å².